The van der Waals surface area contributed by atoms with E-state index in [1.807, 2.05) is 6.92 Å². The number of ether oxygens (including phenoxy) is 1. The van der Waals surface area contributed by atoms with Crippen LogP contribution in [-0.2, 0) is 26.1 Å². The summed E-state index contributed by atoms with van der Waals surface area (Å²) in [5.41, 5.74) is 6.12. The van der Waals surface area contributed by atoms with E-state index in [0.717, 1.165) is 12.0 Å². The van der Waals surface area contributed by atoms with E-state index in [-0.39, 0.29) is 10.9 Å². The first-order valence-corrected chi connectivity index (χ1v) is 7.06. The van der Waals surface area contributed by atoms with Gasteiger partial charge in [0, 0.05) is 0 Å². The van der Waals surface area contributed by atoms with Crippen LogP contribution in [0.4, 0.5) is 0 Å². The van der Waals surface area contributed by atoms with Crippen molar-refractivity contribution >= 4 is 16.1 Å². The summed E-state index contributed by atoms with van der Waals surface area (Å²) in [6.07, 6.45) is 0.853. The summed E-state index contributed by atoms with van der Waals surface area (Å²) in [6.45, 7) is 3.55. The van der Waals surface area contributed by atoms with Gasteiger partial charge in [0.2, 0.25) is 0 Å². The predicted molar refractivity (Wildman–Crippen MR) is 71.3 cm³/mol. The Morgan fingerprint density at radius 2 is 1.84 bits per heavy atom. The van der Waals surface area contributed by atoms with Crippen LogP contribution >= 0.6 is 0 Å². The van der Waals surface area contributed by atoms with Gasteiger partial charge in [0.1, 0.15) is 6.04 Å². The molecule has 108 valence electrons. The lowest BCUT2D eigenvalue weighted by Crippen LogP contribution is -2.27. The molecule has 1 aromatic rings. The van der Waals surface area contributed by atoms with Gasteiger partial charge in [0.05, 0.1) is 12.0 Å². The number of carbonyl (C=O) groups is 1. The van der Waals surface area contributed by atoms with Crippen LogP contribution in [0.3, 0.4) is 0 Å². The Bertz CT molecular complexity index is 493. The first kappa shape index (κ1) is 17.6. The second-order valence-electron chi connectivity index (χ2n) is 3.78. The quantitative estimate of drug-likeness (QED) is 0.635. The molecule has 0 aliphatic carbocycles. The highest BCUT2D eigenvalue weighted by Gasteiger charge is 2.07. The summed E-state index contributed by atoms with van der Waals surface area (Å²) in [5.74, 6) is -0.375. The summed E-state index contributed by atoms with van der Waals surface area (Å²) < 4.78 is 34.0. The highest BCUT2D eigenvalue weighted by Crippen LogP contribution is 2.09. The van der Waals surface area contributed by atoms with Crippen LogP contribution < -0.4 is 5.73 Å². The fourth-order valence-electron chi connectivity index (χ4n) is 1.08. The fraction of sp³-hybridized carbons (Fsp3) is 0.417. The van der Waals surface area contributed by atoms with Gasteiger partial charge in [0.15, 0.2) is 0 Å². The normalized spacial score (nSPS) is 12.1. The van der Waals surface area contributed by atoms with E-state index in [4.69, 9.17) is 10.3 Å². The first-order chi connectivity index (χ1) is 8.72. The first-order valence-electron chi connectivity index (χ1n) is 5.62. The van der Waals surface area contributed by atoms with Gasteiger partial charge in [-0.25, -0.2) is 0 Å². The highest BCUT2D eigenvalue weighted by molar-refractivity contribution is 7.85. The molecule has 0 bridgehead atoms. The average molecular weight is 289 g/mol. The van der Waals surface area contributed by atoms with E-state index in [9.17, 15) is 13.2 Å². The van der Waals surface area contributed by atoms with Crippen LogP contribution in [0.15, 0.2) is 29.2 Å². The molecule has 0 aromatic heterocycles. The number of methoxy groups -OCH3 is 1. The van der Waals surface area contributed by atoms with Gasteiger partial charge in [-0.2, -0.15) is 8.42 Å². The summed E-state index contributed by atoms with van der Waals surface area (Å²) in [5, 5.41) is 0. The summed E-state index contributed by atoms with van der Waals surface area (Å²) in [6, 6.07) is 5.67. The van der Waals surface area contributed by atoms with Crippen molar-refractivity contribution in [1.82, 2.24) is 0 Å². The van der Waals surface area contributed by atoms with Crippen molar-refractivity contribution in [3.63, 3.8) is 0 Å². The van der Waals surface area contributed by atoms with E-state index >= 15 is 0 Å². The Balaban J connectivity index is 0.000000399. The highest BCUT2D eigenvalue weighted by atomic mass is 32.2. The van der Waals surface area contributed by atoms with Crippen LogP contribution in [-0.4, -0.2) is 32.1 Å². The molecule has 0 aliphatic heterocycles. The molecule has 19 heavy (non-hydrogen) atoms. The molecule has 0 amide bonds. The van der Waals surface area contributed by atoms with Crippen LogP contribution in [0.25, 0.3) is 0 Å². The third-order valence-corrected chi connectivity index (χ3v) is 3.07. The summed E-state index contributed by atoms with van der Waals surface area (Å²) in [4.78, 5) is 10.1. The Morgan fingerprint density at radius 3 is 2.05 bits per heavy atom. The molecule has 0 radical (unpaired) electrons. The lowest BCUT2D eigenvalue weighted by Gasteiger charge is -1.98. The lowest BCUT2D eigenvalue weighted by atomic mass is 10.2. The molecule has 0 saturated heterocycles. The maximum Gasteiger partial charge on any atom is 0.322 e. The number of aryl methyl sites for hydroxylation is 1. The molecule has 0 spiro atoms. The second kappa shape index (κ2) is 7.88. The standard InChI is InChI=1S/C8H10O3S.C4H9NO2/c1-2-7-3-5-8(6-4-7)12(9,10)11;1-3(5)4(6)7-2/h3-6H,2H2,1H3,(H,9,10,11);3H,5H2,1-2H3/t;3-/m.0/s1. The molecule has 1 aromatic carbocycles. The topological polar surface area (TPSA) is 107 Å². The van der Waals surface area contributed by atoms with Gasteiger partial charge < -0.3 is 10.5 Å². The molecule has 0 fully saturated rings. The molecular weight excluding hydrogens is 270 g/mol. The SMILES string of the molecule is CCc1ccc(S(=O)(=O)O)cc1.COC(=O)[C@H](C)N. The van der Waals surface area contributed by atoms with Crippen molar-refractivity contribution in [1.29, 1.82) is 0 Å². The number of esters is 1. The third-order valence-electron chi connectivity index (χ3n) is 2.20. The fourth-order valence-corrected chi connectivity index (χ4v) is 1.56. The van der Waals surface area contributed by atoms with Gasteiger partial charge >= 0.3 is 5.97 Å². The number of benzene rings is 1. The van der Waals surface area contributed by atoms with Gasteiger partial charge in [-0.15, -0.1) is 0 Å². The minimum atomic E-state index is -4.03. The maximum atomic E-state index is 10.6. The average Bonchev–Trinajstić information content (AvgIpc) is 2.37. The molecule has 6 nitrogen and oxygen atoms in total. The van der Waals surface area contributed by atoms with Gasteiger partial charge in [-0.3, -0.25) is 9.35 Å². The van der Waals surface area contributed by atoms with Gasteiger partial charge in [-0.05, 0) is 31.0 Å². The van der Waals surface area contributed by atoms with Crippen molar-refractivity contribution in [3.8, 4) is 0 Å². The minimum Gasteiger partial charge on any atom is -0.468 e. The Kier molecular flexibility index (Phi) is 7.28. The molecule has 3 N–H and O–H groups in total. The molecule has 1 rings (SSSR count). The number of rotatable bonds is 3. The smallest absolute Gasteiger partial charge is 0.322 e. The largest absolute Gasteiger partial charge is 0.468 e. The Labute approximate surface area is 113 Å². The minimum absolute atomic E-state index is 0.0558. The predicted octanol–water partition coefficient (Wildman–Crippen LogP) is 1.00. The van der Waals surface area contributed by atoms with E-state index in [2.05, 4.69) is 4.74 Å². The number of carbonyl (C=O) groups excluding carboxylic acids is 1. The van der Waals surface area contributed by atoms with Crippen LogP contribution in [0.5, 0.6) is 0 Å². The Hall–Kier alpha value is -1.44. The number of hydrogen-bond acceptors (Lipinski definition) is 5. The van der Waals surface area contributed by atoms with Crippen molar-refractivity contribution < 1.29 is 22.5 Å². The summed E-state index contributed by atoms with van der Waals surface area (Å²) in [7, 11) is -2.72. The third kappa shape index (κ3) is 6.90. The van der Waals surface area contributed by atoms with E-state index < -0.39 is 16.2 Å². The maximum absolute atomic E-state index is 10.6. The molecule has 7 heteroatoms. The molecule has 0 aliphatic rings. The van der Waals surface area contributed by atoms with Crippen molar-refractivity contribution in [2.24, 2.45) is 5.73 Å². The molecule has 0 saturated carbocycles. The van der Waals surface area contributed by atoms with Crippen LogP contribution in [0.2, 0.25) is 0 Å². The zero-order chi connectivity index (χ0) is 15.1. The van der Waals surface area contributed by atoms with Crippen LogP contribution in [0.1, 0.15) is 19.4 Å². The van der Waals surface area contributed by atoms with Gasteiger partial charge in [0.25, 0.3) is 10.1 Å². The molecule has 0 heterocycles. The number of hydrogen-bond donors (Lipinski definition) is 2. The van der Waals surface area contributed by atoms with Crippen LogP contribution in [0, 0.1) is 0 Å². The zero-order valence-corrected chi connectivity index (χ0v) is 12.0. The van der Waals surface area contributed by atoms with Gasteiger partial charge in [-0.1, -0.05) is 19.1 Å². The Morgan fingerprint density at radius 1 is 1.37 bits per heavy atom. The molecule has 0 unspecified atom stereocenters. The summed E-state index contributed by atoms with van der Waals surface area (Å²) >= 11 is 0. The monoisotopic (exact) mass is 289 g/mol. The van der Waals surface area contributed by atoms with Crippen molar-refractivity contribution in [2.45, 2.75) is 31.2 Å². The van der Waals surface area contributed by atoms with Crippen molar-refractivity contribution in [3.05, 3.63) is 29.8 Å². The molecular formula is C12H19NO5S. The number of nitrogens with two attached hydrogens (primary N) is 1. The van der Waals surface area contributed by atoms with Crippen molar-refractivity contribution in [2.75, 3.05) is 7.11 Å². The van der Waals surface area contributed by atoms with E-state index in [1.165, 1.54) is 19.2 Å². The lowest BCUT2D eigenvalue weighted by molar-refractivity contribution is -0.141. The molecule has 1 atom stereocenters. The van der Waals surface area contributed by atoms with E-state index in [0.29, 0.717) is 0 Å². The zero-order valence-electron chi connectivity index (χ0n) is 11.2. The van der Waals surface area contributed by atoms with E-state index in [1.54, 1.807) is 19.1 Å². The second-order valence-corrected chi connectivity index (χ2v) is 5.21.